The lowest BCUT2D eigenvalue weighted by atomic mass is 10.1. The monoisotopic (exact) mass is 345 g/mol. The zero-order valence-electron chi connectivity index (χ0n) is 14.0. The molecule has 0 fully saturated rings. The Hall–Kier alpha value is -2.89. The van der Waals surface area contributed by atoms with Crippen molar-refractivity contribution in [3.05, 3.63) is 65.5 Å². The highest BCUT2D eigenvalue weighted by Crippen LogP contribution is 2.12. The smallest absolute Gasteiger partial charge is 0.306 e. The number of nitrogens with one attached hydrogen (secondary N) is 1. The van der Waals surface area contributed by atoms with E-state index in [9.17, 15) is 14.0 Å². The van der Waals surface area contributed by atoms with Gasteiger partial charge in [-0.05, 0) is 30.2 Å². The van der Waals surface area contributed by atoms with Gasteiger partial charge in [0.1, 0.15) is 11.6 Å². The van der Waals surface area contributed by atoms with Crippen LogP contribution in [0.25, 0.3) is 0 Å². The van der Waals surface area contributed by atoms with Crippen molar-refractivity contribution in [2.24, 2.45) is 0 Å². The van der Waals surface area contributed by atoms with Crippen LogP contribution < -0.4 is 10.1 Å². The molecule has 132 valence electrons. The molecule has 0 heterocycles. The van der Waals surface area contributed by atoms with E-state index in [1.807, 2.05) is 24.3 Å². The summed E-state index contributed by atoms with van der Waals surface area (Å²) in [4.78, 5) is 23.3. The van der Waals surface area contributed by atoms with Crippen LogP contribution in [0.15, 0.2) is 48.5 Å². The summed E-state index contributed by atoms with van der Waals surface area (Å²) >= 11 is 0. The average Bonchev–Trinajstić information content (AvgIpc) is 2.64. The van der Waals surface area contributed by atoms with Gasteiger partial charge in [-0.1, -0.05) is 30.3 Å². The molecule has 6 heteroatoms. The van der Waals surface area contributed by atoms with Crippen molar-refractivity contribution in [2.45, 2.75) is 19.4 Å². The number of hydrogen-bond acceptors (Lipinski definition) is 4. The lowest BCUT2D eigenvalue weighted by molar-refractivity contribution is -0.148. The Labute approximate surface area is 145 Å². The van der Waals surface area contributed by atoms with E-state index in [2.05, 4.69) is 5.32 Å². The minimum Gasteiger partial charge on any atom is -0.497 e. The molecule has 1 amide bonds. The predicted octanol–water partition coefficient (Wildman–Crippen LogP) is 2.63. The number of benzene rings is 2. The van der Waals surface area contributed by atoms with Crippen molar-refractivity contribution in [1.82, 2.24) is 5.32 Å². The molecular formula is C19H20FNO4. The topological polar surface area (TPSA) is 64.6 Å². The number of ether oxygens (including phenoxy) is 2. The molecule has 0 saturated carbocycles. The van der Waals surface area contributed by atoms with E-state index >= 15 is 0 Å². The Bertz CT molecular complexity index is 716. The number of carbonyl (C=O) groups is 2. The molecule has 2 aromatic carbocycles. The first kappa shape index (κ1) is 18.4. The largest absolute Gasteiger partial charge is 0.497 e. The van der Waals surface area contributed by atoms with Gasteiger partial charge in [-0.2, -0.15) is 0 Å². The number of methoxy groups -OCH3 is 1. The van der Waals surface area contributed by atoms with Gasteiger partial charge in [0.05, 0.1) is 7.11 Å². The van der Waals surface area contributed by atoms with Crippen molar-refractivity contribution < 1.29 is 23.5 Å². The van der Waals surface area contributed by atoms with E-state index < -0.39 is 11.9 Å². The quantitative estimate of drug-likeness (QED) is 0.747. The zero-order valence-corrected chi connectivity index (χ0v) is 14.0. The first-order valence-corrected chi connectivity index (χ1v) is 7.87. The summed E-state index contributed by atoms with van der Waals surface area (Å²) in [6.45, 7) is -0.329. The van der Waals surface area contributed by atoms with Gasteiger partial charge in [-0.15, -0.1) is 0 Å². The van der Waals surface area contributed by atoms with E-state index in [1.165, 1.54) is 6.07 Å². The van der Waals surface area contributed by atoms with Gasteiger partial charge in [-0.3, -0.25) is 9.59 Å². The molecule has 0 aromatic heterocycles. The lowest BCUT2D eigenvalue weighted by Gasteiger charge is -2.07. The van der Waals surface area contributed by atoms with Gasteiger partial charge >= 0.3 is 5.97 Å². The molecule has 0 aliphatic rings. The highest BCUT2D eigenvalue weighted by Gasteiger charge is 2.09. The van der Waals surface area contributed by atoms with Gasteiger partial charge in [0, 0.05) is 18.5 Å². The van der Waals surface area contributed by atoms with Crippen LogP contribution in [0.2, 0.25) is 0 Å². The van der Waals surface area contributed by atoms with Crippen molar-refractivity contribution in [1.29, 1.82) is 0 Å². The van der Waals surface area contributed by atoms with Gasteiger partial charge in [0.2, 0.25) is 0 Å². The highest BCUT2D eigenvalue weighted by molar-refractivity contribution is 5.80. The number of hydrogen-bond donors (Lipinski definition) is 1. The number of carbonyl (C=O) groups excluding carboxylic acids is 2. The highest BCUT2D eigenvalue weighted by atomic mass is 19.1. The van der Waals surface area contributed by atoms with Crippen molar-refractivity contribution in [3.63, 3.8) is 0 Å². The molecule has 1 N–H and O–H groups in total. The molecule has 2 aromatic rings. The fourth-order valence-corrected chi connectivity index (χ4v) is 2.14. The molecule has 0 saturated heterocycles. The fraction of sp³-hybridized carbons (Fsp3) is 0.263. The van der Waals surface area contributed by atoms with Crippen LogP contribution >= 0.6 is 0 Å². The maximum absolute atomic E-state index is 13.4. The lowest BCUT2D eigenvalue weighted by Crippen LogP contribution is -2.28. The maximum atomic E-state index is 13.4. The third kappa shape index (κ3) is 6.25. The predicted molar refractivity (Wildman–Crippen MR) is 90.5 cm³/mol. The number of esters is 1. The van der Waals surface area contributed by atoms with Crippen LogP contribution in [-0.2, 0) is 27.3 Å². The molecule has 0 aliphatic carbocycles. The second kappa shape index (κ2) is 9.42. The summed E-state index contributed by atoms with van der Waals surface area (Å²) < 4.78 is 23.4. The van der Waals surface area contributed by atoms with Crippen LogP contribution in [0.5, 0.6) is 5.75 Å². The molecule has 0 atom stereocenters. The van der Waals surface area contributed by atoms with Crippen LogP contribution in [-0.4, -0.2) is 25.6 Å². The first-order chi connectivity index (χ1) is 12.1. The summed E-state index contributed by atoms with van der Waals surface area (Å²) in [5.74, 6) is -0.574. The molecule has 0 spiro atoms. The molecule has 0 aliphatic heterocycles. The molecule has 2 rings (SSSR count). The molecule has 25 heavy (non-hydrogen) atoms. The Morgan fingerprint density at radius 3 is 2.48 bits per heavy atom. The number of amides is 1. The Balaban J connectivity index is 1.66. The third-order valence-corrected chi connectivity index (χ3v) is 3.57. The van der Waals surface area contributed by atoms with E-state index in [4.69, 9.17) is 9.47 Å². The normalized spacial score (nSPS) is 10.2. The number of halogens is 1. The maximum Gasteiger partial charge on any atom is 0.306 e. The van der Waals surface area contributed by atoms with Crippen LogP contribution in [0.4, 0.5) is 4.39 Å². The van der Waals surface area contributed by atoms with Crippen molar-refractivity contribution in [2.75, 3.05) is 13.7 Å². The molecule has 0 unspecified atom stereocenters. The minimum atomic E-state index is -0.471. The first-order valence-electron chi connectivity index (χ1n) is 7.87. The summed E-state index contributed by atoms with van der Waals surface area (Å²) in [6, 6.07) is 13.5. The minimum absolute atomic E-state index is 0.0505. The second-order valence-corrected chi connectivity index (χ2v) is 5.38. The third-order valence-electron chi connectivity index (χ3n) is 3.57. The Morgan fingerprint density at radius 2 is 1.80 bits per heavy atom. The van der Waals surface area contributed by atoms with E-state index in [-0.39, 0.29) is 25.4 Å². The molecule has 0 radical (unpaired) electrons. The molecular weight excluding hydrogens is 325 g/mol. The van der Waals surface area contributed by atoms with Crippen LogP contribution in [0.1, 0.15) is 17.5 Å². The fourth-order valence-electron chi connectivity index (χ4n) is 2.14. The van der Waals surface area contributed by atoms with Gasteiger partial charge in [-0.25, -0.2) is 4.39 Å². The average molecular weight is 345 g/mol. The Morgan fingerprint density at radius 1 is 1.08 bits per heavy atom. The number of aryl methyl sites for hydroxylation is 1. The number of rotatable bonds is 8. The Kier molecular flexibility index (Phi) is 6.95. The zero-order chi connectivity index (χ0) is 18.1. The van der Waals surface area contributed by atoms with E-state index in [0.29, 0.717) is 12.0 Å². The van der Waals surface area contributed by atoms with Gasteiger partial charge in [0.25, 0.3) is 5.91 Å². The van der Waals surface area contributed by atoms with E-state index in [0.717, 1.165) is 11.3 Å². The standard InChI is InChI=1S/C19H20FNO4/c1-24-16-9-6-14(7-10-16)8-11-19(23)25-13-18(22)21-12-15-4-2-3-5-17(15)20/h2-7,9-10H,8,11-13H2,1H3,(H,21,22). The molecule has 5 nitrogen and oxygen atoms in total. The van der Waals surface area contributed by atoms with Crippen molar-refractivity contribution >= 4 is 11.9 Å². The molecule has 0 bridgehead atoms. The summed E-state index contributed by atoms with van der Waals surface area (Å²) in [5, 5.41) is 2.51. The van der Waals surface area contributed by atoms with Crippen molar-refractivity contribution in [3.8, 4) is 5.75 Å². The van der Waals surface area contributed by atoms with Gasteiger partial charge in [0.15, 0.2) is 6.61 Å². The summed E-state index contributed by atoms with van der Waals surface area (Å²) in [7, 11) is 1.59. The summed E-state index contributed by atoms with van der Waals surface area (Å²) in [5.41, 5.74) is 1.35. The van der Waals surface area contributed by atoms with E-state index in [1.54, 1.807) is 25.3 Å². The van der Waals surface area contributed by atoms with Gasteiger partial charge < -0.3 is 14.8 Å². The van der Waals surface area contributed by atoms with Crippen LogP contribution in [0, 0.1) is 5.82 Å². The van der Waals surface area contributed by atoms with Crippen LogP contribution in [0.3, 0.4) is 0 Å². The second-order valence-electron chi connectivity index (χ2n) is 5.38. The SMILES string of the molecule is COc1ccc(CCC(=O)OCC(=O)NCc2ccccc2F)cc1. The summed E-state index contributed by atoms with van der Waals surface area (Å²) in [6.07, 6.45) is 0.687.